The third-order valence-electron chi connectivity index (χ3n) is 3.61. The molecule has 0 saturated heterocycles. The van der Waals surface area contributed by atoms with Crippen LogP contribution in [0.25, 0.3) is 11.0 Å². The summed E-state index contributed by atoms with van der Waals surface area (Å²) in [6, 6.07) is 6.87. The number of anilines is 1. The summed E-state index contributed by atoms with van der Waals surface area (Å²) in [5.74, 6) is -0.243. The molecule has 1 amide bonds. The lowest BCUT2D eigenvalue weighted by Crippen LogP contribution is -2.13. The van der Waals surface area contributed by atoms with Gasteiger partial charge >= 0.3 is 0 Å². The zero-order valence-corrected chi connectivity index (χ0v) is 15.0. The minimum Gasteiger partial charge on any atom is -0.322 e. The van der Waals surface area contributed by atoms with Crippen LogP contribution in [0.15, 0.2) is 30.5 Å². The van der Waals surface area contributed by atoms with E-state index < -0.39 is 0 Å². The number of nitrogens with zero attached hydrogens (tertiary/aromatic N) is 3. The fraction of sp³-hybridized carbons (Fsp3) is 0.235. The number of benzene rings is 1. The van der Waals surface area contributed by atoms with Crippen molar-refractivity contribution in [2.45, 2.75) is 26.8 Å². The van der Waals surface area contributed by atoms with Gasteiger partial charge in [0.1, 0.15) is 0 Å². The Hall–Kier alpha value is -2.11. The van der Waals surface area contributed by atoms with Gasteiger partial charge in [-0.15, -0.1) is 0 Å². The Labute approximate surface area is 149 Å². The van der Waals surface area contributed by atoms with E-state index in [2.05, 4.69) is 15.4 Å². The van der Waals surface area contributed by atoms with Crippen molar-refractivity contribution in [1.29, 1.82) is 0 Å². The molecule has 3 rings (SSSR count). The van der Waals surface area contributed by atoms with E-state index in [0.29, 0.717) is 32.3 Å². The number of hydrogen-bond donors (Lipinski definition) is 1. The summed E-state index contributed by atoms with van der Waals surface area (Å²) in [5, 5.41) is 8.73. The number of fused-ring (bicyclic) bond motifs is 1. The van der Waals surface area contributed by atoms with Gasteiger partial charge in [0, 0.05) is 17.4 Å². The summed E-state index contributed by atoms with van der Waals surface area (Å²) < 4.78 is 1.80. The number of amides is 1. The first kappa shape index (κ1) is 16.7. The predicted octanol–water partition coefficient (Wildman–Crippen LogP) is 4.88. The van der Waals surface area contributed by atoms with Crippen LogP contribution in [-0.2, 0) is 0 Å². The van der Waals surface area contributed by atoms with Gasteiger partial charge in [-0.05, 0) is 45.0 Å². The molecule has 7 heteroatoms. The number of halogens is 2. The molecule has 0 aliphatic heterocycles. The number of pyridine rings is 1. The minimum absolute atomic E-state index is 0.155. The van der Waals surface area contributed by atoms with Crippen LogP contribution >= 0.6 is 23.2 Å². The van der Waals surface area contributed by atoms with Gasteiger partial charge < -0.3 is 5.32 Å². The van der Waals surface area contributed by atoms with E-state index in [4.69, 9.17) is 23.2 Å². The van der Waals surface area contributed by atoms with Gasteiger partial charge in [-0.2, -0.15) is 5.10 Å². The lowest BCUT2D eigenvalue weighted by Gasteiger charge is -2.10. The van der Waals surface area contributed by atoms with Crippen molar-refractivity contribution in [3.8, 4) is 0 Å². The van der Waals surface area contributed by atoms with E-state index in [1.165, 1.54) is 0 Å². The zero-order chi connectivity index (χ0) is 17.4. The van der Waals surface area contributed by atoms with Crippen LogP contribution in [0.1, 0.15) is 35.9 Å². The molecule has 0 fully saturated rings. The van der Waals surface area contributed by atoms with Crippen molar-refractivity contribution in [1.82, 2.24) is 14.8 Å². The van der Waals surface area contributed by atoms with Crippen LogP contribution in [-0.4, -0.2) is 20.7 Å². The van der Waals surface area contributed by atoms with E-state index in [9.17, 15) is 4.79 Å². The van der Waals surface area contributed by atoms with Gasteiger partial charge in [-0.25, -0.2) is 9.67 Å². The summed E-state index contributed by atoms with van der Waals surface area (Å²) in [6.07, 6.45) is 1.67. The Morgan fingerprint density at radius 1 is 1.21 bits per heavy atom. The SMILES string of the molecule is Cc1cc(C(=O)Nc2ccc(Cl)c(Cl)c2)c2cnn(C(C)C)c2n1. The van der Waals surface area contributed by atoms with Crippen LogP contribution < -0.4 is 5.32 Å². The van der Waals surface area contributed by atoms with Crippen molar-refractivity contribution in [2.75, 3.05) is 5.32 Å². The lowest BCUT2D eigenvalue weighted by molar-refractivity contribution is 0.102. The first-order valence-corrected chi connectivity index (χ1v) is 8.23. The molecule has 1 aromatic carbocycles. The molecule has 0 saturated carbocycles. The van der Waals surface area contributed by atoms with Crippen LogP contribution in [0.5, 0.6) is 0 Å². The molecule has 0 unspecified atom stereocenters. The Morgan fingerprint density at radius 2 is 1.96 bits per heavy atom. The van der Waals surface area contributed by atoms with E-state index >= 15 is 0 Å². The second-order valence-corrected chi connectivity index (χ2v) is 6.63. The molecule has 0 spiro atoms. The number of rotatable bonds is 3. The Bertz CT molecular complexity index is 934. The van der Waals surface area contributed by atoms with Gasteiger partial charge in [0.2, 0.25) is 0 Å². The molecule has 0 aliphatic carbocycles. The number of aryl methyl sites for hydroxylation is 1. The van der Waals surface area contributed by atoms with Gasteiger partial charge in [0.05, 0.1) is 27.2 Å². The molecule has 124 valence electrons. The topological polar surface area (TPSA) is 59.8 Å². The van der Waals surface area contributed by atoms with Crippen molar-refractivity contribution in [3.63, 3.8) is 0 Å². The zero-order valence-electron chi connectivity index (χ0n) is 13.5. The molecule has 3 aromatic rings. The normalized spacial score (nSPS) is 11.2. The molecule has 0 atom stereocenters. The monoisotopic (exact) mass is 362 g/mol. The third kappa shape index (κ3) is 3.09. The van der Waals surface area contributed by atoms with Crippen molar-refractivity contribution in [2.24, 2.45) is 0 Å². The molecule has 2 aromatic heterocycles. The predicted molar refractivity (Wildman–Crippen MR) is 97.1 cm³/mol. The summed E-state index contributed by atoms with van der Waals surface area (Å²) in [5.41, 5.74) is 2.55. The van der Waals surface area contributed by atoms with Gasteiger partial charge in [-0.1, -0.05) is 23.2 Å². The van der Waals surface area contributed by atoms with E-state index in [1.54, 1.807) is 35.1 Å². The molecule has 0 bridgehead atoms. The van der Waals surface area contributed by atoms with Crippen molar-refractivity contribution >= 4 is 45.8 Å². The summed E-state index contributed by atoms with van der Waals surface area (Å²) >= 11 is 11.9. The van der Waals surface area contributed by atoms with Crippen LogP contribution in [0, 0.1) is 6.92 Å². The summed E-state index contributed by atoms with van der Waals surface area (Å²) in [4.78, 5) is 17.2. The maximum atomic E-state index is 12.7. The van der Waals surface area contributed by atoms with Crippen LogP contribution in [0.4, 0.5) is 5.69 Å². The molecular weight excluding hydrogens is 347 g/mol. The third-order valence-corrected chi connectivity index (χ3v) is 4.35. The van der Waals surface area contributed by atoms with Crippen molar-refractivity contribution in [3.05, 3.63) is 51.8 Å². The largest absolute Gasteiger partial charge is 0.322 e. The highest BCUT2D eigenvalue weighted by molar-refractivity contribution is 6.42. The molecule has 1 N–H and O–H groups in total. The number of carbonyl (C=O) groups excluding carboxylic acids is 1. The summed E-state index contributed by atoms with van der Waals surface area (Å²) in [6.45, 7) is 5.89. The first-order valence-electron chi connectivity index (χ1n) is 7.48. The fourth-order valence-corrected chi connectivity index (χ4v) is 2.78. The molecular formula is C17H16Cl2N4O. The second kappa shape index (κ2) is 6.42. The number of carbonyl (C=O) groups is 1. The highest BCUT2D eigenvalue weighted by atomic mass is 35.5. The van der Waals surface area contributed by atoms with E-state index in [0.717, 1.165) is 5.69 Å². The number of nitrogens with one attached hydrogen (secondary N) is 1. The standard InChI is InChI=1S/C17H16Cl2N4O/c1-9(2)23-16-13(8-20-23)12(6-10(3)21-16)17(24)22-11-4-5-14(18)15(19)7-11/h4-9H,1-3H3,(H,22,24). The molecule has 24 heavy (non-hydrogen) atoms. The van der Waals surface area contributed by atoms with Gasteiger partial charge in [0.25, 0.3) is 5.91 Å². The van der Waals surface area contributed by atoms with Gasteiger partial charge in [0.15, 0.2) is 5.65 Å². The highest BCUT2D eigenvalue weighted by Crippen LogP contribution is 2.26. The highest BCUT2D eigenvalue weighted by Gasteiger charge is 2.17. The Morgan fingerprint density at radius 3 is 2.62 bits per heavy atom. The average molecular weight is 363 g/mol. The molecule has 2 heterocycles. The van der Waals surface area contributed by atoms with Crippen LogP contribution in [0.2, 0.25) is 10.0 Å². The number of hydrogen-bond acceptors (Lipinski definition) is 3. The van der Waals surface area contributed by atoms with Crippen LogP contribution in [0.3, 0.4) is 0 Å². The molecule has 5 nitrogen and oxygen atoms in total. The minimum atomic E-state index is -0.243. The second-order valence-electron chi connectivity index (χ2n) is 5.81. The molecule has 0 aliphatic rings. The molecule has 0 radical (unpaired) electrons. The Balaban J connectivity index is 2.01. The quantitative estimate of drug-likeness (QED) is 0.722. The maximum Gasteiger partial charge on any atom is 0.256 e. The van der Waals surface area contributed by atoms with E-state index in [1.807, 2.05) is 20.8 Å². The van der Waals surface area contributed by atoms with Crippen molar-refractivity contribution < 1.29 is 4.79 Å². The smallest absolute Gasteiger partial charge is 0.256 e. The number of aromatic nitrogens is 3. The van der Waals surface area contributed by atoms with E-state index in [-0.39, 0.29) is 11.9 Å². The lowest BCUT2D eigenvalue weighted by atomic mass is 10.1. The maximum absolute atomic E-state index is 12.7. The fourth-order valence-electron chi connectivity index (χ4n) is 2.48. The Kier molecular flexibility index (Phi) is 4.47. The average Bonchev–Trinajstić information content (AvgIpc) is 2.93. The van der Waals surface area contributed by atoms with Gasteiger partial charge in [-0.3, -0.25) is 4.79 Å². The summed E-state index contributed by atoms with van der Waals surface area (Å²) in [7, 11) is 0. The first-order chi connectivity index (χ1) is 11.4.